The number of piperazine rings is 1. The Kier molecular flexibility index (Phi) is 6.65. The summed E-state index contributed by atoms with van der Waals surface area (Å²) in [7, 11) is -2.99. The molecule has 0 aliphatic carbocycles. The predicted molar refractivity (Wildman–Crippen MR) is 114 cm³/mol. The van der Waals surface area contributed by atoms with Crippen LogP contribution in [0, 0.1) is 13.8 Å². The van der Waals surface area contributed by atoms with Gasteiger partial charge in [-0.2, -0.15) is 0 Å². The van der Waals surface area contributed by atoms with Crippen LogP contribution in [0.4, 0.5) is 5.69 Å². The van der Waals surface area contributed by atoms with Crippen LogP contribution >= 0.6 is 0 Å². The minimum atomic E-state index is -2.99. The van der Waals surface area contributed by atoms with Crippen LogP contribution in [0.5, 0.6) is 0 Å². The van der Waals surface area contributed by atoms with E-state index >= 15 is 0 Å². The fraction of sp³-hybridized carbons (Fsp3) is 0.667. The van der Waals surface area contributed by atoms with Gasteiger partial charge in [0.05, 0.1) is 18.1 Å². The van der Waals surface area contributed by atoms with Crippen LogP contribution in [0.1, 0.15) is 30.9 Å². The number of sulfone groups is 1. The zero-order chi connectivity index (χ0) is 20.3. The molecule has 28 heavy (non-hydrogen) atoms. The number of benzene rings is 1. The molecule has 0 aromatic heterocycles. The van der Waals surface area contributed by atoms with Gasteiger partial charge in [-0.25, -0.2) is 8.42 Å². The summed E-state index contributed by atoms with van der Waals surface area (Å²) in [5.41, 5.74) is 3.91. The van der Waals surface area contributed by atoms with Crippen LogP contribution in [0.3, 0.4) is 0 Å². The molecule has 0 N–H and O–H groups in total. The van der Waals surface area contributed by atoms with Crippen molar-refractivity contribution in [3.8, 4) is 0 Å². The first kappa shape index (κ1) is 21.1. The van der Waals surface area contributed by atoms with Gasteiger partial charge in [-0.15, -0.1) is 0 Å². The molecule has 0 unspecified atom stereocenters. The standard InChI is InChI=1S/C21H33N3O3S/c1-4-9-24(19-8-14-28(26,27)16-19)21(25)15-22-10-12-23(13-11-22)20-7-5-6-17(2)18(20)3/h5-7,19H,4,8-16H2,1-3H3/t19-/m0/s1. The van der Waals surface area contributed by atoms with E-state index in [-0.39, 0.29) is 23.5 Å². The number of aryl methyl sites for hydroxylation is 1. The van der Waals surface area contributed by atoms with E-state index in [4.69, 9.17) is 0 Å². The van der Waals surface area contributed by atoms with Crippen LogP contribution in [0.2, 0.25) is 0 Å². The lowest BCUT2D eigenvalue weighted by molar-refractivity contribution is -0.134. The predicted octanol–water partition coefficient (Wildman–Crippen LogP) is 1.85. The van der Waals surface area contributed by atoms with E-state index < -0.39 is 9.84 Å². The van der Waals surface area contributed by atoms with Crippen molar-refractivity contribution in [3.63, 3.8) is 0 Å². The zero-order valence-electron chi connectivity index (χ0n) is 17.4. The fourth-order valence-electron chi connectivity index (χ4n) is 4.28. The molecule has 1 atom stereocenters. The molecule has 0 bridgehead atoms. The Morgan fingerprint density at radius 2 is 1.89 bits per heavy atom. The molecular formula is C21H33N3O3S. The van der Waals surface area contributed by atoms with Crippen molar-refractivity contribution in [3.05, 3.63) is 29.3 Å². The molecule has 1 aromatic rings. The normalized spacial score (nSPS) is 22.4. The van der Waals surface area contributed by atoms with Gasteiger partial charge in [0.25, 0.3) is 0 Å². The molecule has 156 valence electrons. The molecule has 1 aromatic carbocycles. The van der Waals surface area contributed by atoms with Gasteiger partial charge >= 0.3 is 0 Å². The first-order valence-electron chi connectivity index (χ1n) is 10.3. The summed E-state index contributed by atoms with van der Waals surface area (Å²) in [6, 6.07) is 6.27. The second-order valence-electron chi connectivity index (χ2n) is 8.13. The second-order valence-corrected chi connectivity index (χ2v) is 10.4. The van der Waals surface area contributed by atoms with Crippen LogP contribution < -0.4 is 4.90 Å². The highest BCUT2D eigenvalue weighted by Crippen LogP contribution is 2.24. The lowest BCUT2D eigenvalue weighted by Crippen LogP contribution is -2.52. The Balaban J connectivity index is 1.57. The summed E-state index contributed by atoms with van der Waals surface area (Å²) >= 11 is 0. The van der Waals surface area contributed by atoms with Crippen molar-refractivity contribution in [2.45, 2.75) is 39.7 Å². The van der Waals surface area contributed by atoms with Gasteiger partial charge in [0, 0.05) is 44.5 Å². The summed E-state index contributed by atoms with van der Waals surface area (Å²) in [6.45, 7) is 10.9. The highest BCUT2D eigenvalue weighted by atomic mass is 32.2. The van der Waals surface area contributed by atoms with E-state index in [0.29, 0.717) is 19.5 Å². The number of hydrogen-bond acceptors (Lipinski definition) is 5. The summed E-state index contributed by atoms with van der Waals surface area (Å²) in [6.07, 6.45) is 1.43. The minimum Gasteiger partial charge on any atom is -0.369 e. The summed E-state index contributed by atoms with van der Waals surface area (Å²) in [5.74, 6) is 0.405. The highest BCUT2D eigenvalue weighted by Gasteiger charge is 2.34. The number of carbonyl (C=O) groups is 1. The van der Waals surface area contributed by atoms with E-state index in [1.54, 1.807) is 0 Å². The van der Waals surface area contributed by atoms with Crippen LogP contribution in [-0.4, -0.2) is 80.9 Å². The first-order valence-corrected chi connectivity index (χ1v) is 12.2. The quantitative estimate of drug-likeness (QED) is 0.720. The highest BCUT2D eigenvalue weighted by molar-refractivity contribution is 7.91. The number of carbonyl (C=O) groups excluding carboxylic acids is 1. The number of amides is 1. The van der Waals surface area contributed by atoms with Crippen LogP contribution in [0.25, 0.3) is 0 Å². The van der Waals surface area contributed by atoms with Crippen molar-refractivity contribution in [2.75, 3.05) is 55.7 Å². The molecule has 0 spiro atoms. The van der Waals surface area contributed by atoms with E-state index in [1.165, 1.54) is 16.8 Å². The van der Waals surface area contributed by atoms with Crippen molar-refractivity contribution in [1.82, 2.24) is 9.80 Å². The van der Waals surface area contributed by atoms with E-state index in [1.807, 2.05) is 11.8 Å². The van der Waals surface area contributed by atoms with Gasteiger partial charge in [-0.1, -0.05) is 19.1 Å². The molecule has 3 rings (SSSR count). The molecule has 2 aliphatic heterocycles. The Hall–Kier alpha value is -1.60. The number of anilines is 1. The third-order valence-corrected chi connectivity index (χ3v) is 7.83. The third-order valence-electron chi connectivity index (χ3n) is 6.08. The summed E-state index contributed by atoms with van der Waals surface area (Å²) in [4.78, 5) is 19.4. The molecule has 7 heteroatoms. The molecule has 1 amide bonds. The van der Waals surface area contributed by atoms with Crippen LogP contribution in [0.15, 0.2) is 18.2 Å². The third kappa shape index (κ3) is 4.87. The van der Waals surface area contributed by atoms with Gasteiger partial charge in [0.15, 0.2) is 9.84 Å². The fourth-order valence-corrected chi connectivity index (χ4v) is 6.01. The molecule has 2 aliphatic rings. The lowest BCUT2D eigenvalue weighted by atomic mass is 10.1. The number of nitrogens with zero attached hydrogens (tertiary/aromatic N) is 3. The Morgan fingerprint density at radius 1 is 1.18 bits per heavy atom. The molecule has 0 radical (unpaired) electrons. The zero-order valence-corrected chi connectivity index (χ0v) is 18.2. The summed E-state index contributed by atoms with van der Waals surface area (Å²) < 4.78 is 23.7. The smallest absolute Gasteiger partial charge is 0.237 e. The average Bonchev–Trinajstić information content (AvgIpc) is 3.02. The van der Waals surface area contributed by atoms with Gasteiger partial charge < -0.3 is 9.80 Å². The summed E-state index contributed by atoms with van der Waals surface area (Å²) in [5, 5.41) is 0. The van der Waals surface area contributed by atoms with E-state index in [0.717, 1.165) is 32.6 Å². The maximum atomic E-state index is 12.9. The number of hydrogen-bond donors (Lipinski definition) is 0. The average molecular weight is 408 g/mol. The largest absolute Gasteiger partial charge is 0.369 e. The lowest BCUT2D eigenvalue weighted by Gasteiger charge is -2.38. The molecule has 2 heterocycles. The molecule has 6 nitrogen and oxygen atoms in total. The second kappa shape index (κ2) is 8.82. The van der Waals surface area contributed by atoms with Gasteiger partial charge in [0.1, 0.15) is 0 Å². The maximum Gasteiger partial charge on any atom is 0.237 e. The van der Waals surface area contributed by atoms with Gasteiger partial charge in [0.2, 0.25) is 5.91 Å². The van der Waals surface area contributed by atoms with Crippen molar-refractivity contribution in [1.29, 1.82) is 0 Å². The Labute approximate surface area is 169 Å². The van der Waals surface area contributed by atoms with Gasteiger partial charge in [-0.3, -0.25) is 9.69 Å². The van der Waals surface area contributed by atoms with Crippen molar-refractivity contribution >= 4 is 21.4 Å². The monoisotopic (exact) mass is 407 g/mol. The Morgan fingerprint density at radius 3 is 2.50 bits per heavy atom. The minimum absolute atomic E-state index is 0.0733. The van der Waals surface area contributed by atoms with Crippen LogP contribution in [-0.2, 0) is 14.6 Å². The number of rotatable bonds is 6. The SMILES string of the molecule is CCCN(C(=O)CN1CCN(c2cccc(C)c2C)CC1)[C@H]1CCS(=O)(=O)C1. The maximum absolute atomic E-state index is 12.9. The molecule has 2 fully saturated rings. The van der Waals surface area contributed by atoms with Crippen molar-refractivity contribution in [2.24, 2.45) is 0 Å². The van der Waals surface area contributed by atoms with Gasteiger partial charge in [-0.05, 0) is 43.9 Å². The van der Waals surface area contributed by atoms with E-state index in [9.17, 15) is 13.2 Å². The topological polar surface area (TPSA) is 60.9 Å². The van der Waals surface area contributed by atoms with Crippen molar-refractivity contribution < 1.29 is 13.2 Å². The Bertz CT molecular complexity index is 801. The molecule has 0 saturated carbocycles. The van der Waals surface area contributed by atoms with E-state index in [2.05, 4.69) is 41.8 Å². The molecular weight excluding hydrogens is 374 g/mol. The molecule has 2 saturated heterocycles. The first-order chi connectivity index (χ1) is 13.3.